The van der Waals surface area contributed by atoms with E-state index in [0.29, 0.717) is 26.2 Å². The molecule has 1 aliphatic rings. The molecule has 2 aromatic rings. The van der Waals surface area contributed by atoms with Crippen molar-refractivity contribution in [3.8, 4) is 5.75 Å². The third-order valence-electron chi connectivity index (χ3n) is 4.56. The third-order valence-corrected chi connectivity index (χ3v) is 4.56. The first kappa shape index (κ1) is 18.9. The summed E-state index contributed by atoms with van der Waals surface area (Å²) in [7, 11) is 0. The van der Waals surface area contributed by atoms with Crippen molar-refractivity contribution in [1.29, 1.82) is 0 Å². The van der Waals surface area contributed by atoms with Crippen molar-refractivity contribution in [1.82, 2.24) is 15.6 Å². The van der Waals surface area contributed by atoms with Gasteiger partial charge in [-0.15, -0.1) is 0 Å². The lowest BCUT2D eigenvalue weighted by molar-refractivity contribution is -0.134. The first-order valence-corrected chi connectivity index (χ1v) is 8.93. The molecular weight excluding hydrogens is 344 g/mol. The minimum Gasteiger partial charge on any atom is -0.489 e. The Hall–Kier alpha value is -2.90. The van der Waals surface area contributed by atoms with Crippen molar-refractivity contribution in [2.24, 2.45) is 5.84 Å². The predicted molar refractivity (Wildman–Crippen MR) is 101 cm³/mol. The van der Waals surface area contributed by atoms with Gasteiger partial charge in [0.15, 0.2) is 0 Å². The van der Waals surface area contributed by atoms with Crippen LogP contribution in [0.1, 0.15) is 17.5 Å². The van der Waals surface area contributed by atoms with Crippen molar-refractivity contribution in [2.75, 3.05) is 13.1 Å². The summed E-state index contributed by atoms with van der Waals surface area (Å²) >= 11 is 0. The maximum absolute atomic E-state index is 12.2. The van der Waals surface area contributed by atoms with Crippen LogP contribution in [0, 0.1) is 0 Å². The highest BCUT2D eigenvalue weighted by molar-refractivity contribution is 5.88. The molecule has 27 heavy (non-hydrogen) atoms. The van der Waals surface area contributed by atoms with Crippen LogP contribution in [-0.4, -0.2) is 35.8 Å². The molecule has 0 aliphatic carbocycles. The van der Waals surface area contributed by atoms with E-state index in [2.05, 4.69) is 10.7 Å². The van der Waals surface area contributed by atoms with E-state index in [1.807, 2.05) is 59.5 Å². The monoisotopic (exact) mass is 368 g/mol. The number of nitrogens with two attached hydrogens (primary N) is 1. The summed E-state index contributed by atoms with van der Waals surface area (Å²) in [5.74, 6) is 5.43. The number of hydrazine groups is 1. The third kappa shape index (κ3) is 5.06. The van der Waals surface area contributed by atoms with Gasteiger partial charge in [0.1, 0.15) is 12.4 Å². The molecule has 7 nitrogen and oxygen atoms in total. The molecule has 0 radical (unpaired) electrons. The predicted octanol–water partition coefficient (Wildman–Crippen LogP) is 0.946. The van der Waals surface area contributed by atoms with Gasteiger partial charge in [0.25, 0.3) is 0 Å². The molecule has 7 heteroatoms. The number of hydrogen-bond acceptors (Lipinski definition) is 5. The van der Waals surface area contributed by atoms with E-state index in [1.54, 1.807) is 0 Å². The number of piperazine rings is 1. The average molecular weight is 368 g/mol. The van der Waals surface area contributed by atoms with Gasteiger partial charge in [-0.05, 0) is 11.6 Å². The fourth-order valence-electron chi connectivity index (χ4n) is 3.14. The Morgan fingerprint density at radius 3 is 2.70 bits per heavy atom. The van der Waals surface area contributed by atoms with Crippen molar-refractivity contribution >= 4 is 11.8 Å². The van der Waals surface area contributed by atoms with Gasteiger partial charge in [0.2, 0.25) is 11.8 Å². The molecule has 0 spiro atoms. The van der Waals surface area contributed by atoms with E-state index < -0.39 is 6.04 Å². The number of amides is 2. The highest BCUT2D eigenvalue weighted by Crippen LogP contribution is 2.23. The lowest BCUT2D eigenvalue weighted by Gasteiger charge is -2.34. The van der Waals surface area contributed by atoms with Crippen molar-refractivity contribution in [3.05, 3.63) is 65.7 Å². The normalized spacial score (nSPS) is 17.2. The van der Waals surface area contributed by atoms with Gasteiger partial charge in [-0.2, -0.15) is 0 Å². The van der Waals surface area contributed by atoms with Gasteiger partial charge >= 0.3 is 0 Å². The number of carbonyl (C=O) groups is 2. The van der Waals surface area contributed by atoms with Gasteiger partial charge in [-0.3, -0.25) is 19.9 Å². The second-order valence-electron chi connectivity index (χ2n) is 6.43. The molecule has 2 aromatic carbocycles. The fraction of sp³-hybridized carbons (Fsp3) is 0.300. The molecule has 1 heterocycles. The molecule has 0 bridgehead atoms. The van der Waals surface area contributed by atoms with Gasteiger partial charge < -0.3 is 10.1 Å². The Morgan fingerprint density at radius 2 is 1.93 bits per heavy atom. The number of rotatable bonds is 7. The highest BCUT2D eigenvalue weighted by atomic mass is 16.5. The maximum atomic E-state index is 12.2. The smallest absolute Gasteiger partial charge is 0.237 e. The van der Waals surface area contributed by atoms with E-state index >= 15 is 0 Å². The molecule has 0 saturated carbocycles. The molecule has 1 unspecified atom stereocenters. The molecule has 4 N–H and O–H groups in total. The number of carbonyl (C=O) groups excluding carboxylic acids is 2. The number of nitrogens with zero attached hydrogens (tertiary/aromatic N) is 1. The Kier molecular flexibility index (Phi) is 6.40. The zero-order chi connectivity index (χ0) is 19.1. The standard InChI is InChI=1S/C20H24N4O3/c21-23-19(25)12-17-20(26)22-10-11-24(17)13-16-8-4-5-9-18(16)27-14-15-6-2-1-3-7-15/h1-9,17H,10-14,21H2,(H,22,26)(H,23,25). The molecule has 1 fully saturated rings. The van der Waals surface area contributed by atoms with Crippen LogP contribution < -0.4 is 21.3 Å². The largest absolute Gasteiger partial charge is 0.489 e. The van der Waals surface area contributed by atoms with E-state index in [4.69, 9.17) is 10.6 Å². The number of benzene rings is 2. The zero-order valence-corrected chi connectivity index (χ0v) is 15.1. The van der Waals surface area contributed by atoms with Crippen LogP contribution >= 0.6 is 0 Å². The lowest BCUT2D eigenvalue weighted by atomic mass is 10.1. The number of para-hydroxylation sites is 1. The molecule has 1 saturated heterocycles. The number of nitrogens with one attached hydrogen (secondary N) is 2. The Morgan fingerprint density at radius 1 is 1.19 bits per heavy atom. The maximum Gasteiger partial charge on any atom is 0.237 e. The highest BCUT2D eigenvalue weighted by Gasteiger charge is 2.31. The molecule has 2 amide bonds. The molecule has 3 rings (SSSR count). The summed E-state index contributed by atoms with van der Waals surface area (Å²) in [5.41, 5.74) is 4.16. The topological polar surface area (TPSA) is 96.7 Å². The first-order valence-electron chi connectivity index (χ1n) is 8.93. The Labute approximate surface area is 158 Å². The van der Waals surface area contributed by atoms with Crippen LogP contribution in [0.4, 0.5) is 0 Å². The lowest BCUT2D eigenvalue weighted by Crippen LogP contribution is -2.56. The van der Waals surface area contributed by atoms with Crippen LogP contribution in [0.5, 0.6) is 5.75 Å². The van der Waals surface area contributed by atoms with Crippen molar-refractivity contribution in [3.63, 3.8) is 0 Å². The Balaban J connectivity index is 1.71. The summed E-state index contributed by atoms with van der Waals surface area (Å²) in [6.45, 7) is 2.19. The van der Waals surface area contributed by atoms with Crippen LogP contribution in [0.3, 0.4) is 0 Å². The zero-order valence-electron chi connectivity index (χ0n) is 15.1. The van der Waals surface area contributed by atoms with Crippen LogP contribution in [0.15, 0.2) is 54.6 Å². The van der Waals surface area contributed by atoms with Gasteiger partial charge in [-0.25, -0.2) is 5.84 Å². The van der Waals surface area contributed by atoms with Crippen molar-refractivity contribution in [2.45, 2.75) is 25.6 Å². The summed E-state index contributed by atoms with van der Waals surface area (Å²) < 4.78 is 6.00. The summed E-state index contributed by atoms with van der Waals surface area (Å²) in [5, 5.41) is 2.81. The first-order chi connectivity index (χ1) is 13.2. The van der Waals surface area contributed by atoms with Gasteiger partial charge in [0.05, 0.1) is 12.5 Å². The van der Waals surface area contributed by atoms with Gasteiger partial charge in [-0.1, -0.05) is 48.5 Å². The number of hydrogen-bond donors (Lipinski definition) is 3. The molecule has 0 aromatic heterocycles. The van der Waals surface area contributed by atoms with E-state index in [-0.39, 0.29) is 18.2 Å². The second kappa shape index (κ2) is 9.16. The van der Waals surface area contributed by atoms with Crippen LogP contribution in [-0.2, 0) is 22.7 Å². The van der Waals surface area contributed by atoms with E-state index in [0.717, 1.165) is 16.9 Å². The molecule has 142 valence electrons. The summed E-state index contributed by atoms with van der Waals surface area (Å²) in [6, 6.07) is 17.2. The second-order valence-corrected chi connectivity index (χ2v) is 6.43. The average Bonchev–Trinajstić information content (AvgIpc) is 2.70. The quantitative estimate of drug-likeness (QED) is 0.384. The van der Waals surface area contributed by atoms with E-state index in [1.165, 1.54) is 0 Å². The minimum atomic E-state index is -0.551. The van der Waals surface area contributed by atoms with Crippen LogP contribution in [0.25, 0.3) is 0 Å². The van der Waals surface area contributed by atoms with Crippen molar-refractivity contribution < 1.29 is 14.3 Å². The summed E-state index contributed by atoms with van der Waals surface area (Å²) in [6.07, 6.45) is 0.0232. The van der Waals surface area contributed by atoms with Crippen LogP contribution in [0.2, 0.25) is 0 Å². The summed E-state index contributed by atoms with van der Waals surface area (Å²) in [4.78, 5) is 25.9. The van der Waals surface area contributed by atoms with Gasteiger partial charge in [0, 0.05) is 25.2 Å². The minimum absolute atomic E-state index is 0.0232. The molecular formula is C20H24N4O3. The molecule has 1 aliphatic heterocycles. The molecule has 1 atom stereocenters. The Bertz CT molecular complexity index is 782. The number of ether oxygens (including phenoxy) is 1. The SMILES string of the molecule is NNC(=O)CC1C(=O)NCCN1Cc1ccccc1OCc1ccccc1. The van der Waals surface area contributed by atoms with E-state index in [9.17, 15) is 9.59 Å². The fourth-order valence-corrected chi connectivity index (χ4v) is 3.14.